The summed E-state index contributed by atoms with van der Waals surface area (Å²) < 4.78 is 0.873. The van der Waals surface area contributed by atoms with Gasteiger partial charge in [-0.15, -0.1) is 11.3 Å². The zero-order chi connectivity index (χ0) is 11.7. The lowest BCUT2D eigenvalue weighted by molar-refractivity contribution is 0.0689. The number of thiophene rings is 1. The van der Waals surface area contributed by atoms with Gasteiger partial charge in [-0.2, -0.15) is 0 Å². The first-order valence-corrected chi connectivity index (χ1v) is 6.07. The molecule has 0 saturated carbocycles. The summed E-state index contributed by atoms with van der Waals surface area (Å²) in [6.07, 6.45) is 1.53. The van der Waals surface area contributed by atoms with Crippen LogP contribution in [0.3, 0.4) is 0 Å². The van der Waals surface area contributed by atoms with Crippen molar-refractivity contribution >= 4 is 33.2 Å². The molecular weight excluding hydrogens is 292 g/mol. The molecule has 6 heteroatoms. The van der Waals surface area contributed by atoms with Crippen LogP contribution in [0.2, 0.25) is 0 Å². The fraction of sp³-hybridized carbons (Fsp3) is 0.100. The van der Waals surface area contributed by atoms with Crippen LogP contribution in [0.1, 0.15) is 16.1 Å². The van der Waals surface area contributed by atoms with Crippen molar-refractivity contribution < 1.29 is 9.90 Å². The Morgan fingerprint density at radius 1 is 1.56 bits per heavy atom. The van der Waals surface area contributed by atoms with Crippen molar-refractivity contribution in [3.05, 3.63) is 33.4 Å². The van der Waals surface area contributed by atoms with Crippen LogP contribution < -0.4 is 0 Å². The van der Waals surface area contributed by atoms with E-state index in [0.29, 0.717) is 11.4 Å². The summed E-state index contributed by atoms with van der Waals surface area (Å²) in [5.74, 6) is -0.598. The predicted molar refractivity (Wildman–Crippen MR) is 64.7 cm³/mol. The summed E-state index contributed by atoms with van der Waals surface area (Å²) in [7, 11) is 0. The fourth-order valence-corrected chi connectivity index (χ4v) is 2.71. The molecule has 0 unspecified atom stereocenters. The Hall–Kier alpha value is -1.27. The number of aryl methyl sites for hydroxylation is 1. The molecule has 0 aliphatic rings. The average Bonchev–Trinajstić information content (AvgIpc) is 2.65. The Labute approximate surface area is 104 Å². The quantitative estimate of drug-likeness (QED) is 0.926. The first-order valence-electron chi connectivity index (χ1n) is 4.40. The molecule has 0 radical (unpaired) electrons. The molecule has 0 atom stereocenters. The smallest absolute Gasteiger partial charge is 0.354 e. The predicted octanol–water partition coefficient (Wildman–Crippen LogP) is 2.97. The molecule has 0 amide bonds. The van der Waals surface area contributed by atoms with Crippen LogP contribution >= 0.6 is 27.3 Å². The van der Waals surface area contributed by atoms with Crippen LogP contribution in [0.15, 0.2) is 22.1 Å². The molecule has 2 aromatic heterocycles. The number of carboxylic acids is 1. The highest BCUT2D eigenvalue weighted by atomic mass is 79.9. The molecule has 0 saturated heterocycles. The summed E-state index contributed by atoms with van der Waals surface area (Å²) in [6, 6.07) is 1.88. The summed E-state index contributed by atoms with van der Waals surface area (Å²) in [4.78, 5) is 19.9. The monoisotopic (exact) mass is 298 g/mol. The number of halogens is 1. The maximum atomic E-state index is 10.9. The minimum atomic E-state index is -1.03. The van der Waals surface area contributed by atoms with Crippen LogP contribution in [-0.2, 0) is 0 Å². The lowest BCUT2D eigenvalue weighted by Gasteiger charge is -2.02. The average molecular weight is 299 g/mol. The second-order valence-corrected chi connectivity index (χ2v) is 4.90. The van der Waals surface area contributed by atoms with Gasteiger partial charge in [0.2, 0.25) is 0 Å². The Morgan fingerprint density at radius 2 is 2.31 bits per heavy atom. The van der Waals surface area contributed by atoms with Crippen molar-refractivity contribution in [1.82, 2.24) is 9.97 Å². The van der Waals surface area contributed by atoms with E-state index in [1.165, 1.54) is 17.5 Å². The van der Waals surface area contributed by atoms with Gasteiger partial charge in [0.25, 0.3) is 0 Å². The Kier molecular flexibility index (Phi) is 3.02. The Morgan fingerprint density at radius 3 is 2.88 bits per heavy atom. The number of carbonyl (C=O) groups is 1. The van der Waals surface area contributed by atoms with Gasteiger partial charge in [0.1, 0.15) is 0 Å². The maximum Gasteiger partial charge on any atom is 0.354 e. The van der Waals surface area contributed by atoms with E-state index in [1.54, 1.807) is 6.92 Å². The molecule has 16 heavy (non-hydrogen) atoms. The van der Waals surface area contributed by atoms with Crippen molar-refractivity contribution in [3.8, 4) is 10.7 Å². The lowest BCUT2D eigenvalue weighted by Crippen LogP contribution is -2.05. The standard InChI is InChI=1S/C10H7BrN2O2S/c1-5-4-12-9(13-7(5)10(14)15)8-6(11)2-3-16-8/h2-4H,1H3,(H,14,15). The minimum absolute atomic E-state index is 0.0466. The zero-order valence-corrected chi connectivity index (χ0v) is 10.7. The van der Waals surface area contributed by atoms with Crippen LogP contribution in [0.5, 0.6) is 0 Å². The van der Waals surface area contributed by atoms with E-state index >= 15 is 0 Å². The van der Waals surface area contributed by atoms with Gasteiger partial charge in [0.15, 0.2) is 11.5 Å². The van der Waals surface area contributed by atoms with Gasteiger partial charge in [0, 0.05) is 16.2 Å². The molecule has 0 aliphatic carbocycles. The normalized spacial score (nSPS) is 10.4. The summed E-state index contributed by atoms with van der Waals surface area (Å²) >= 11 is 4.83. The molecule has 2 heterocycles. The summed E-state index contributed by atoms with van der Waals surface area (Å²) in [5, 5.41) is 10.9. The van der Waals surface area contributed by atoms with E-state index in [0.717, 1.165) is 9.35 Å². The van der Waals surface area contributed by atoms with Gasteiger partial charge in [0.05, 0.1) is 4.88 Å². The molecule has 0 spiro atoms. The van der Waals surface area contributed by atoms with E-state index in [4.69, 9.17) is 5.11 Å². The van der Waals surface area contributed by atoms with Gasteiger partial charge in [-0.05, 0) is 34.3 Å². The van der Waals surface area contributed by atoms with Gasteiger partial charge >= 0.3 is 5.97 Å². The van der Waals surface area contributed by atoms with Gasteiger partial charge in [-0.25, -0.2) is 14.8 Å². The first-order chi connectivity index (χ1) is 7.59. The van der Waals surface area contributed by atoms with Gasteiger partial charge < -0.3 is 5.11 Å². The largest absolute Gasteiger partial charge is 0.477 e. The van der Waals surface area contributed by atoms with Crippen molar-refractivity contribution in [3.63, 3.8) is 0 Å². The molecule has 0 bridgehead atoms. The topological polar surface area (TPSA) is 63.1 Å². The number of hydrogen-bond acceptors (Lipinski definition) is 4. The SMILES string of the molecule is Cc1cnc(-c2sccc2Br)nc1C(=O)O. The molecule has 2 aromatic rings. The van der Waals surface area contributed by atoms with E-state index < -0.39 is 5.97 Å². The van der Waals surface area contributed by atoms with Crippen molar-refractivity contribution in [1.29, 1.82) is 0 Å². The molecule has 0 aromatic carbocycles. The second-order valence-electron chi connectivity index (χ2n) is 3.13. The Bertz CT molecular complexity index is 554. The molecule has 2 rings (SSSR count). The highest BCUT2D eigenvalue weighted by Gasteiger charge is 2.14. The van der Waals surface area contributed by atoms with Gasteiger partial charge in [-0.3, -0.25) is 0 Å². The van der Waals surface area contributed by atoms with E-state index in [9.17, 15) is 4.79 Å². The van der Waals surface area contributed by atoms with Crippen molar-refractivity contribution in [2.45, 2.75) is 6.92 Å². The fourth-order valence-electron chi connectivity index (χ4n) is 1.22. The van der Waals surface area contributed by atoms with E-state index in [-0.39, 0.29) is 5.69 Å². The number of aromatic carboxylic acids is 1. The van der Waals surface area contributed by atoms with Gasteiger partial charge in [-0.1, -0.05) is 0 Å². The summed E-state index contributed by atoms with van der Waals surface area (Å²) in [6.45, 7) is 1.68. The van der Waals surface area contributed by atoms with Crippen LogP contribution in [0, 0.1) is 6.92 Å². The molecule has 82 valence electrons. The van der Waals surface area contributed by atoms with E-state index in [2.05, 4.69) is 25.9 Å². The van der Waals surface area contributed by atoms with Crippen LogP contribution in [-0.4, -0.2) is 21.0 Å². The summed E-state index contributed by atoms with van der Waals surface area (Å²) in [5.41, 5.74) is 0.606. The number of carboxylic acid groups (broad SMARTS) is 1. The second kappa shape index (κ2) is 4.31. The maximum absolute atomic E-state index is 10.9. The highest BCUT2D eigenvalue weighted by molar-refractivity contribution is 9.10. The highest BCUT2D eigenvalue weighted by Crippen LogP contribution is 2.31. The number of aromatic nitrogens is 2. The lowest BCUT2D eigenvalue weighted by atomic mass is 10.2. The molecule has 4 nitrogen and oxygen atoms in total. The van der Waals surface area contributed by atoms with Crippen molar-refractivity contribution in [2.75, 3.05) is 0 Å². The third kappa shape index (κ3) is 1.98. The zero-order valence-electron chi connectivity index (χ0n) is 8.27. The molecule has 0 fully saturated rings. The molecule has 0 aliphatic heterocycles. The molecule has 1 N–H and O–H groups in total. The van der Waals surface area contributed by atoms with Crippen LogP contribution in [0.4, 0.5) is 0 Å². The number of nitrogens with zero attached hydrogens (tertiary/aromatic N) is 2. The van der Waals surface area contributed by atoms with Crippen LogP contribution in [0.25, 0.3) is 10.7 Å². The first kappa shape index (κ1) is 11.2. The van der Waals surface area contributed by atoms with E-state index in [1.807, 2.05) is 11.4 Å². The number of hydrogen-bond donors (Lipinski definition) is 1. The third-order valence-electron chi connectivity index (χ3n) is 1.99. The Balaban J connectivity index is 2.56. The molecular formula is C10H7BrN2O2S. The number of rotatable bonds is 2. The minimum Gasteiger partial charge on any atom is -0.477 e. The third-order valence-corrected chi connectivity index (χ3v) is 3.83. The van der Waals surface area contributed by atoms with Crippen molar-refractivity contribution in [2.24, 2.45) is 0 Å².